The zero-order chi connectivity index (χ0) is 31.9. The van der Waals surface area contributed by atoms with Gasteiger partial charge in [-0.05, 0) is 46.8 Å². The predicted molar refractivity (Wildman–Crippen MR) is 179 cm³/mol. The number of carbonyl (C=O) groups excluding carboxylic acids is 2. The summed E-state index contributed by atoms with van der Waals surface area (Å²) in [5.41, 5.74) is 3.47. The van der Waals surface area contributed by atoms with Gasteiger partial charge in [-0.1, -0.05) is 72.4 Å². The van der Waals surface area contributed by atoms with Crippen LogP contribution in [0.3, 0.4) is 0 Å². The van der Waals surface area contributed by atoms with Gasteiger partial charge in [-0.15, -0.1) is 21.5 Å². The molecule has 3 aromatic carbocycles. The van der Waals surface area contributed by atoms with E-state index in [1.807, 2.05) is 101 Å². The van der Waals surface area contributed by atoms with Crippen LogP contribution < -0.4 is 14.8 Å². The Morgan fingerprint density at radius 2 is 1.72 bits per heavy atom. The molecule has 234 valence electrons. The van der Waals surface area contributed by atoms with Crippen LogP contribution in [0.5, 0.6) is 11.5 Å². The molecule has 46 heavy (non-hydrogen) atoms. The Bertz CT molecular complexity index is 1820. The number of hydrazone groups is 1. The van der Waals surface area contributed by atoms with Crippen molar-refractivity contribution in [1.82, 2.24) is 25.1 Å². The Kier molecular flexibility index (Phi) is 9.75. The number of carbonyl (C=O) groups is 2. The first kappa shape index (κ1) is 31.1. The third-order valence-corrected chi connectivity index (χ3v) is 9.31. The minimum atomic E-state index is -0.251. The van der Waals surface area contributed by atoms with E-state index in [4.69, 9.17) is 14.6 Å². The number of hydrogen-bond acceptors (Lipinski definition) is 9. The third-order valence-electron chi connectivity index (χ3n) is 7.47. The normalized spacial score (nSPS) is 14.2. The number of thiophene rings is 1. The highest BCUT2D eigenvalue weighted by Crippen LogP contribution is 2.36. The van der Waals surface area contributed by atoms with Crippen molar-refractivity contribution in [1.29, 1.82) is 0 Å². The molecule has 2 aromatic heterocycles. The van der Waals surface area contributed by atoms with Crippen LogP contribution in [0.25, 0.3) is 5.69 Å². The molecule has 2 amide bonds. The minimum Gasteiger partial charge on any atom is -0.497 e. The zero-order valence-corrected chi connectivity index (χ0v) is 27.0. The zero-order valence-electron chi connectivity index (χ0n) is 25.3. The van der Waals surface area contributed by atoms with Gasteiger partial charge in [0.25, 0.3) is 5.91 Å². The van der Waals surface area contributed by atoms with Crippen LogP contribution in [0.1, 0.15) is 34.3 Å². The number of aromatic nitrogens is 3. The molecule has 1 N–H and O–H groups in total. The van der Waals surface area contributed by atoms with Gasteiger partial charge < -0.3 is 14.8 Å². The van der Waals surface area contributed by atoms with E-state index < -0.39 is 0 Å². The lowest BCUT2D eigenvalue weighted by molar-refractivity contribution is -0.130. The van der Waals surface area contributed by atoms with Crippen molar-refractivity contribution < 1.29 is 19.1 Å². The lowest BCUT2D eigenvalue weighted by Crippen LogP contribution is -2.28. The van der Waals surface area contributed by atoms with E-state index in [9.17, 15) is 9.59 Å². The monoisotopic (exact) mass is 652 g/mol. The van der Waals surface area contributed by atoms with Crippen LogP contribution in [0.2, 0.25) is 0 Å². The van der Waals surface area contributed by atoms with E-state index in [1.165, 1.54) is 11.8 Å². The first-order chi connectivity index (χ1) is 22.5. The first-order valence-corrected chi connectivity index (χ1v) is 16.5. The lowest BCUT2D eigenvalue weighted by Gasteiger charge is -2.22. The molecule has 3 heterocycles. The molecule has 1 aliphatic heterocycles. The number of methoxy groups -OCH3 is 2. The fourth-order valence-electron chi connectivity index (χ4n) is 5.20. The molecule has 0 fully saturated rings. The third kappa shape index (κ3) is 6.98. The number of thioether (sulfide) groups is 1. The highest BCUT2D eigenvalue weighted by Gasteiger charge is 2.34. The van der Waals surface area contributed by atoms with Crippen LogP contribution in [0, 0.1) is 0 Å². The Morgan fingerprint density at radius 3 is 2.46 bits per heavy atom. The van der Waals surface area contributed by atoms with Crippen LogP contribution >= 0.6 is 23.1 Å². The van der Waals surface area contributed by atoms with Gasteiger partial charge in [-0.2, -0.15) is 5.10 Å². The highest BCUT2D eigenvalue weighted by atomic mass is 32.2. The summed E-state index contributed by atoms with van der Waals surface area (Å²) in [4.78, 5) is 27.6. The molecule has 6 rings (SSSR count). The van der Waals surface area contributed by atoms with E-state index in [1.54, 1.807) is 30.6 Å². The maximum Gasteiger partial charge on any atom is 0.253 e. The molecule has 12 heteroatoms. The predicted octanol–water partition coefficient (Wildman–Crippen LogP) is 5.67. The molecule has 0 saturated carbocycles. The van der Waals surface area contributed by atoms with Crippen molar-refractivity contribution in [3.8, 4) is 17.2 Å². The molecule has 1 aliphatic rings. The second kappa shape index (κ2) is 14.4. The Morgan fingerprint density at radius 1 is 0.935 bits per heavy atom. The fraction of sp³-hybridized carbons (Fsp3) is 0.206. The average molecular weight is 653 g/mol. The molecule has 0 radical (unpaired) electrons. The average Bonchev–Trinajstić information content (AvgIpc) is 3.87. The Labute approximate surface area is 275 Å². The number of ether oxygens (including phenoxy) is 2. The largest absolute Gasteiger partial charge is 0.497 e. The summed E-state index contributed by atoms with van der Waals surface area (Å²) in [5.74, 6) is 1.64. The van der Waals surface area contributed by atoms with Crippen molar-refractivity contribution in [2.24, 2.45) is 5.10 Å². The number of nitrogens with zero attached hydrogens (tertiary/aromatic N) is 5. The van der Waals surface area contributed by atoms with E-state index in [2.05, 4.69) is 15.5 Å². The molecule has 0 bridgehead atoms. The van der Waals surface area contributed by atoms with Gasteiger partial charge in [0.15, 0.2) is 11.0 Å². The molecular formula is C34H32N6O4S2. The molecule has 0 saturated heterocycles. The van der Waals surface area contributed by atoms with Gasteiger partial charge in [-0.3, -0.25) is 14.2 Å². The molecular weight excluding hydrogens is 621 g/mol. The number of rotatable bonds is 12. The van der Waals surface area contributed by atoms with Crippen molar-refractivity contribution in [3.63, 3.8) is 0 Å². The summed E-state index contributed by atoms with van der Waals surface area (Å²) in [6.07, 6.45) is 0.854. The van der Waals surface area contributed by atoms with Crippen LogP contribution in [0.15, 0.2) is 107 Å². The standard InChI is InChI=1S/C34H32N6O4S2/c1-43-25-16-14-24(15-17-25)28-20-26(30-13-8-18-45-30)38-40(28)33(42)22-46-34-37-36-31(39(34)27-11-6-7-12-29(27)44-2)21-35-32(41)19-23-9-4-3-5-10-23/h3-18,28H,19-22H2,1-2H3,(H,35,41). The Balaban J connectivity index is 1.23. The molecule has 1 atom stereocenters. The maximum atomic E-state index is 13.8. The topological polar surface area (TPSA) is 111 Å². The number of hydrogen-bond donors (Lipinski definition) is 1. The summed E-state index contributed by atoms with van der Waals surface area (Å²) >= 11 is 2.86. The second-order valence-corrected chi connectivity index (χ2v) is 12.3. The van der Waals surface area contributed by atoms with E-state index >= 15 is 0 Å². The summed E-state index contributed by atoms with van der Waals surface area (Å²) in [7, 11) is 3.22. The van der Waals surface area contributed by atoms with Gasteiger partial charge in [0.2, 0.25) is 5.91 Å². The van der Waals surface area contributed by atoms with E-state index in [0.717, 1.165) is 27.5 Å². The SMILES string of the molecule is COc1ccc(C2CC(c3cccs3)=NN2C(=O)CSc2nnc(CNC(=O)Cc3ccccc3)n2-c2ccccc2OC)cc1. The van der Waals surface area contributed by atoms with Crippen molar-refractivity contribution >= 4 is 40.6 Å². The number of nitrogens with one attached hydrogen (secondary N) is 1. The maximum absolute atomic E-state index is 13.8. The van der Waals surface area contributed by atoms with E-state index in [0.29, 0.717) is 28.8 Å². The first-order valence-electron chi connectivity index (χ1n) is 14.6. The van der Waals surface area contributed by atoms with Crippen LogP contribution in [-0.4, -0.2) is 57.3 Å². The van der Waals surface area contributed by atoms with Crippen LogP contribution in [-0.2, 0) is 22.6 Å². The summed E-state index contributed by atoms with van der Waals surface area (Å²) in [6.45, 7) is 0.144. The summed E-state index contributed by atoms with van der Waals surface area (Å²) in [5, 5.41) is 20.7. The number of amides is 2. The molecule has 10 nitrogen and oxygen atoms in total. The van der Waals surface area contributed by atoms with E-state index in [-0.39, 0.29) is 36.6 Å². The fourth-order valence-corrected chi connectivity index (χ4v) is 6.73. The second-order valence-electron chi connectivity index (χ2n) is 10.4. The summed E-state index contributed by atoms with van der Waals surface area (Å²) < 4.78 is 12.8. The van der Waals surface area contributed by atoms with Gasteiger partial charge in [-0.25, -0.2) is 5.01 Å². The molecule has 0 aliphatic carbocycles. The smallest absolute Gasteiger partial charge is 0.253 e. The minimum absolute atomic E-state index is 0.0710. The summed E-state index contributed by atoms with van der Waals surface area (Å²) in [6, 6.07) is 28.5. The molecule has 5 aromatic rings. The van der Waals surface area contributed by atoms with Crippen molar-refractivity contribution in [2.75, 3.05) is 20.0 Å². The van der Waals surface area contributed by atoms with Crippen molar-refractivity contribution in [3.05, 3.63) is 118 Å². The van der Waals surface area contributed by atoms with Crippen LogP contribution in [0.4, 0.5) is 0 Å². The molecule has 1 unspecified atom stereocenters. The quantitative estimate of drug-likeness (QED) is 0.173. The van der Waals surface area contributed by atoms with Crippen molar-refractivity contribution in [2.45, 2.75) is 30.6 Å². The van der Waals surface area contributed by atoms with Gasteiger partial charge in [0.05, 0.1) is 55.3 Å². The van der Waals surface area contributed by atoms with Gasteiger partial charge in [0.1, 0.15) is 11.5 Å². The number of benzene rings is 3. The Hall–Kier alpha value is -4.94. The highest BCUT2D eigenvalue weighted by molar-refractivity contribution is 7.99. The lowest BCUT2D eigenvalue weighted by atomic mass is 10.0. The van der Waals surface area contributed by atoms with Gasteiger partial charge >= 0.3 is 0 Å². The van der Waals surface area contributed by atoms with Gasteiger partial charge in [0, 0.05) is 6.42 Å². The number of para-hydroxylation sites is 2. The molecule has 0 spiro atoms.